The summed E-state index contributed by atoms with van der Waals surface area (Å²) in [4.78, 5) is 12.3. The normalized spacial score (nSPS) is 19.2. The summed E-state index contributed by atoms with van der Waals surface area (Å²) in [6, 6.07) is 3.75. The van der Waals surface area contributed by atoms with E-state index in [4.69, 9.17) is 14.2 Å². The van der Waals surface area contributed by atoms with Crippen molar-refractivity contribution in [1.82, 2.24) is 0 Å². The van der Waals surface area contributed by atoms with Gasteiger partial charge in [0.15, 0.2) is 0 Å². The van der Waals surface area contributed by atoms with Gasteiger partial charge < -0.3 is 19.5 Å². The molecule has 1 amide bonds. The Kier molecular flexibility index (Phi) is 6.87. The third-order valence-electron chi connectivity index (χ3n) is 3.91. The van der Waals surface area contributed by atoms with Crippen LogP contribution in [0.3, 0.4) is 0 Å². The van der Waals surface area contributed by atoms with Crippen LogP contribution in [-0.4, -0.2) is 38.4 Å². The first-order chi connectivity index (χ1) is 11.0. The Hall–Kier alpha value is -1.11. The highest BCUT2D eigenvalue weighted by Crippen LogP contribution is 2.32. The molecule has 23 heavy (non-hydrogen) atoms. The van der Waals surface area contributed by atoms with Crippen LogP contribution in [0, 0.1) is 6.92 Å². The number of aryl methyl sites for hydroxylation is 1. The van der Waals surface area contributed by atoms with E-state index in [-0.39, 0.29) is 12.0 Å². The topological polar surface area (TPSA) is 56.8 Å². The number of carbonyl (C=O) groups excluding carboxylic acids is 1. The van der Waals surface area contributed by atoms with E-state index in [1.165, 1.54) is 0 Å². The monoisotopic (exact) mass is 385 g/mol. The molecule has 6 heteroatoms. The van der Waals surface area contributed by atoms with E-state index in [1.807, 2.05) is 19.1 Å². The number of methoxy groups -OCH3 is 1. The summed E-state index contributed by atoms with van der Waals surface area (Å²) in [7, 11) is 1.58. The molecule has 1 heterocycles. The van der Waals surface area contributed by atoms with Crippen LogP contribution in [0.25, 0.3) is 0 Å². The Morgan fingerprint density at radius 3 is 2.91 bits per heavy atom. The third kappa shape index (κ3) is 5.19. The molecule has 0 aliphatic carbocycles. The fourth-order valence-electron chi connectivity index (χ4n) is 2.52. The Morgan fingerprint density at radius 2 is 2.26 bits per heavy atom. The smallest absolute Gasteiger partial charge is 0.253 e. The summed E-state index contributed by atoms with van der Waals surface area (Å²) < 4.78 is 17.5. The van der Waals surface area contributed by atoms with Crippen LogP contribution in [0.4, 0.5) is 5.69 Å². The van der Waals surface area contributed by atoms with Gasteiger partial charge >= 0.3 is 0 Å². The molecule has 2 unspecified atom stereocenters. The van der Waals surface area contributed by atoms with Crippen LogP contribution in [-0.2, 0) is 14.3 Å². The van der Waals surface area contributed by atoms with Gasteiger partial charge in [0.1, 0.15) is 11.9 Å². The molecule has 0 bridgehead atoms. The van der Waals surface area contributed by atoms with Crippen molar-refractivity contribution in [2.75, 3.05) is 25.6 Å². The predicted molar refractivity (Wildman–Crippen MR) is 93.1 cm³/mol. The number of ether oxygens (including phenoxy) is 3. The quantitative estimate of drug-likeness (QED) is 0.811. The van der Waals surface area contributed by atoms with Crippen LogP contribution >= 0.6 is 15.9 Å². The molecule has 2 atom stereocenters. The lowest BCUT2D eigenvalue weighted by atomic mass is 10.1. The lowest BCUT2D eigenvalue weighted by Gasteiger charge is -2.24. The standard InChI is InChI=1S/C17H24BrNO4/c1-11-8-13(18)9-15(21-3)16(11)19-17(20)12(2)23-10-14-6-4-5-7-22-14/h8-9,12,14H,4-7,10H2,1-3H3,(H,19,20). The molecule has 128 valence electrons. The van der Waals surface area contributed by atoms with Gasteiger partial charge in [-0.25, -0.2) is 0 Å². The van der Waals surface area contributed by atoms with Gasteiger partial charge in [-0.3, -0.25) is 4.79 Å². The van der Waals surface area contributed by atoms with Gasteiger partial charge in [0.2, 0.25) is 0 Å². The van der Waals surface area contributed by atoms with Crippen molar-refractivity contribution in [3.8, 4) is 5.75 Å². The van der Waals surface area contributed by atoms with Crippen molar-refractivity contribution >= 4 is 27.5 Å². The minimum absolute atomic E-state index is 0.1000. The number of benzene rings is 1. The molecule has 1 fully saturated rings. The van der Waals surface area contributed by atoms with Gasteiger partial charge in [-0.2, -0.15) is 0 Å². The van der Waals surface area contributed by atoms with Crippen molar-refractivity contribution in [2.45, 2.75) is 45.3 Å². The van der Waals surface area contributed by atoms with Crippen LogP contribution in [0.15, 0.2) is 16.6 Å². The van der Waals surface area contributed by atoms with E-state index >= 15 is 0 Å². The molecule has 2 rings (SSSR count). The predicted octanol–water partition coefficient (Wildman–Crippen LogP) is 3.68. The van der Waals surface area contributed by atoms with Gasteiger partial charge in [-0.15, -0.1) is 0 Å². The van der Waals surface area contributed by atoms with Gasteiger partial charge in [-0.05, 0) is 50.8 Å². The number of nitrogens with one attached hydrogen (secondary N) is 1. The molecule has 5 nitrogen and oxygen atoms in total. The Labute approximate surface area is 145 Å². The third-order valence-corrected chi connectivity index (χ3v) is 4.37. The van der Waals surface area contributed by atoms with E-state index in [1.54, 1.807) is 14.0 Å². The molecular weight excluding hydrogens is 362 g/mol. The summed E-state index contributed by atoms with van der Waals surface area (Å²) in [5.74, 6) is 0.428. The molecule has 1 aliphatic heterocycles. The number of anilines is 1. The second kappa shape index (κ2) is 8.66. The number of hydrogen-bond donors (Lipinski definition) is 1. The molecule has 1 saturated heterocycles. The first kappa shape index (κ1) is 18.2. The van der Waals surface area contributed by atoms with Gasteiger partial charge in [0.05, 0.1) is 25.5 Å². The Morgan fingerprint density at radius 1 is 1.48 bits per heavy atom. The van der Waals surface area contributed by atoms with Gasteiger partial charge in [0, 0.05) is 11.1 Å². The SMILES string of the molecule is COc1cc(Br)cc(C)c1NC(=O)C(C)OCC1CCCCO1. The van der Waals surface area contributed by atoms with Crippen molar-refractivity contribution in [3.05, 3.63) is 22.2 Å². The number of hydrogen-bond acceptors (Lipinski definition) is 4. The van der Waals surface area contributed by atoms with E-state index in [0.29, 0.717) is 18.0 Å². The molecule has 1 aromatic rings. The molecule has 1 aromatic carbocycles. The number of rotatable bonds is 6. The van der Waals surface area contributed by atoms with Crippen molar-refractivity contribution < 1.29 is 19.0 Å². The zero-order chi connectivity index (χ0) is 16.8. The number of halogens is 1. The summed E-state index contributed by atoms with van der Waals surface area (Å²) in [6.07, 6.45) is 2.81. The largest absolute Gasteiger partial charge is 0.495 e. The Bertz CT molecular complexity index is 544. The summed E-state index contributed by atoms with van der Waals surface area (Å²) in [6.45, 7) is 4.90. The van der Waals surface area contributed by atoms with Crippen molar-refractivity contribution in [1.29, 1.82) is 0 Å². The molecule has 0 spiro atoms. The van der Waals surface area contributed by atoms with E-state index < -0.39 is 6.10 Å². The van der Waals surface area contributed by atoms with Crippen LogP contribution in [0.2, 0.25) is 0 Å². The molecule has 0 radical (unpaired) electrons. The van der Waals surface area contributed by atoms with Crippen LogP contribution < -0.4 is 10.1 Å². The maximum Gasteiger partial charge on any atom is 0.253 e. The summed E-state index contributed by atoms with van der Waals surface area (Å²) >= 11 is 3.42. The highest BCUT2D eigenvalue weighted by molar-refractivity contribution is 9.10. The zero-order valence-electron chi connectivity index (χ0n) is 13.9. The average molecular weight is 386 g/mol. The number of carbonyl (C=O) groups is 1. The highest BCUT2D eigenvalue weighted by atomic mass is 79.9. The fraction of sp³-hybridized carbons (Fsp3) is 0.588. The molecule has 1 N–H and O–H groups in total. The van der Waals surface area contributed by atoms with Gasteiger partial charge in [-0.1, -0.05) is 15.9 Å². The lowest BCUT2D eigenvalue weighted by molar-refractivity contribution is -0.130. The van der Waals surface area contributed by atoms with Crippen LogP contribution in [0.5, 0.6) is 5.75 Å². The second-order valence-electron chi connectivity index (χ2n) is 5.75. The highest BCUT2D eigenvalue weighted by Gasteiger charge is 2.20. The van der Waals surface area contributed by atoms with E-state index in [0.717, 1.165) is 35.9 Å². The molecule has 0 aromatic heterocycles. The maximum atomic E-state index is 12.3. The molecule has 0 saturated carbocycles. The number of amides is 1. The summed E-state index contributed by atoms with van der Waals surface area (Å²) in [5.41, 5.74) is 1.59. The molecular formula is C17H24BrNO4. The zero-order valence-corrected chi connectivity index (χ0v) is 15.4. The van der Waals surface area contributed by atoms with E-state index in [9.17, 15) is 4.79 Å². The minimum atomic E-state index is -0.548. The first-order valence-electron chi connectivity index (χ1n) is 7.89. The van der Waals surface area contributed by atoms with E-state index in [2.05, 4.69) is 21.2 Å². The van der Waals surface area contributed by atoms with Crippen LogP contribution in [0.1, 0.15) is 31.7 Å². The van der Waals surface area contributed by atoms with Crippen molar-refractivity contribution in [3.63, 3.8) is 0 Å². The maximum absolute atomic E-state index is 12.3. The average Bonchev–Trinajstić information content (AvgIpc) is 2.55. The Balaban J connectivity index is 1.93. The second-order valence-corrected chi connectivity index (χ2v) is 6.67. The van der Waals surface area contributed by atoms with Crippen molar-refractivity contribution in [2.24, 2.45) is 0 Å². The molecule has 1 aliphatic rings. The minimum Gasteiger partial charge on any atom is -0.495 e. The first-order valence-corrected chi connectivity index (χ1v) is 8.68. The fourth-order valence-corrected chi connectivity index (χ4v) is 3.08. The lowest BCUT2D eigenvalue weighted by Crippen LogP contribution is -2.33. The van der Waals surface area contributed by atoms with Gasteiger partial charge in [0.25, 0.3) is 5.91 Å². The summed E-state index contributed by atoms with van der Waals surface area (Å²) in [5, 5.41) is 2.89.